The summed E-state index contributed by atoms with van der Waals surface area (Å²) in [6.45, 7) is 6.10. The second-order valence-corrected chi connectivity index (χ2v) is 4.96. The topological polar surface area (TPSA) is 21.3 Å². The Morgan fingerprint density at radius 2 is 1.68 bits per heavy atom. The predicted octanol–water partition coefficient (Wildman–Crippen LogP) is 4.14. The molecule has 0 aliphatic heterocycles. The lowest BCUT2D eigenvalue weighted by molar-refractivity contribution is -0.275. The zero-order valence-electron chi connectivity index (χ0n) is 11.6. The van der Waals surface area contributed by atoms with E-state index in [1.165, 1.54) is 12.1 Å². The van der Waals surface area contributed by atoms with Crippen LogP contribution in [0.15, 0.2) is 24.3 Å². The van der Waals surface area contributed by atoms with Gasteiger partial charge in [-0.3, -0.25) is 0 Å². The van der Waals surface area contributed by atoms with E-state index >= 15 is 0 Å². The Morgan fingerprint density at radius 3 is 2.16 bits per heavy atom. The molecule has 0 saturated heterocycles. The van der Waals surface area contributed by atoms with Gasteiger partial charge in [-0.2, -0.15) is 0 Å². The van der Waals surface area contributed by atoms with Gasteiger partial charge in [0.2, 0.25) is 0 Å². The van der Waals surface area contributed by atoms with Crippen LogP contribution in [0.5, 0.6) is 5.75 Å². The Balaban J connectivity index is 3.10. The molecule has 2 nitrogen and oxygen atoms in total. The molecule has 0 aliphatic carbocycles. The predicted molar refractivity (Wildman–Crippen MR) is 68.9 cm³/mol. The molecular formula is C14H20F3NO. The van der Waals surface area contributed by atoms with Crippen LogP contribution in [-0.4, -0.2) is 13.4 Å². The third kappa shape index (κ3) is 4.42. The molecule has 108 valence electrons. The lowest BCUT2D eigenvalue weighted by atomic mass is 9.86. The van der Waals surface area contributed by atoms with Crippen molar-refractivity contribution in [1.82, 2.24) is 5.32 Å². The normalized spacial score (nSPS) is 15.4. The summed E-state index contributed by atoms with van der Waals surface area (Å²) in [7, 11) is 1.74. The van der Waals surface area contributed by atoms with Crippen molar-refractivity contribution in [1.29, 1.82) is 0 Å². The zero-order chi connectivity index (χ0) is 14.6. The van der Waals surface area contributed by atoms with Gasteiger partial charge in [0.25, 0.3) is 0 Å². The molecule has 0 fully saturated rings. The van der Waals surface area contributed by atoms with Gasteiger partial charge in [-0.1, -0.05) is 39.0 Å². The van der Waals surface area contributed by atoms with Gasteiger partial charge in [0.05, 0.1) is 0 Å². The van der Waals surface area contributed by atoms with Crippen LogP contribution < -0.4 is 10.1 Å². The van der Waals surface area contributed by atoms with Crippen molar-refractivity contribution in [2.75, 3.05) is 7.05 Å². The number of nitrogens with one attached hydrogen (secondary N) is 1. The Bertz CT molecular complexity index is 404. The molecular weight excluding hydrogens is 255 g/mol. The number of hydrogen-bond donors (Lipinski definition) is 1. The van der Waals surface area contributed by atoms with Crippen LogP contribution in [0.25, 0.3) is 0 Å². The number of benzene rings is 1. The molecule has 0 heterocycles. The maximum atomic E-state index is 12.4. The third-order valence-corrected chi connectivity index (χ3v) is 3.37. The van der Waals surface area contributed by atoms with Crippen LogP contribution in [0.4, 0.5) is 13.2 Å². The molecule has 0 saturated carbocycles. The number of hydrogen-bond acceptors (Lipinski definition) is 2. The SMILES string of the molecule is CNC(c1ccccc1OC(F)(F)F)C(C)C(C)C. The van der Waals surface area contributed by atoms with E-state index in [9.17, 15) is 13.2 Å². The molecule has 1 rings (SSSR count). The van der Waals surface area contributed by atoms with Crippen LogP contribution in [0.3, 0.4) is 0 Å². The average Bonchev–Trinajstić information content (AvgIpc) is 2.30. The Kier molecular flexibility index (Phi) is 5.23. The average molecular weight is 275 g/mol. The van der Waals surface area contributed by atoms with Crippen LogP contribution in [0, 0.1) is 11.8 Å². The summed E-state index contributed by atoms with van der Waals surface area (Å²) < 4.78 is 41.3. The number of para-hydroxylation sites is 1. The minimum atomic E-state index is -4.67. The van der Waals surface area contributed by atoms with E-state index in [1.807, 2.05) is 20.8 Å². The molecule has 5 heteroatoms. The molecule has 0 amide bonds. The summed E-state index contributed by atoms with van der Waals surface area (Å²) in [5.74, 6) is 0.390. The van der Waals surface area contributed by atoms with Gasteiger partial charge < -0.3 is 10.1 Å². The van der Waals surface area contributed by atoms with E-state index in [2.05, 4.69) is 10.1 Å². The third-order valence-electron chi connectivity index (χ3n) is 3.37. The molecule has 0 bridgehead atoms. The minimum Gasteiger partial charge on any atom is -0.405 e. The van der Waals surface area contributed by atoms with Gasteiger partial charge in [0, 0.05) is 11.6 Å². The van der Waals surface area contributed by atoms with E-state index in [0.29, 0.717) is 11.5 Å². The Labute approximate surface area is 112 Å². The smallest absolute Gasteiger partial charge is 0.405 e. The first-order chi connectivity index (χ1) is 8.76. The van der Waals surface area contributed by atoms with Gasteiger partial charge in [-0.05, 0) is 24.9 Å². The minimum absolute atomic E-state index is 0.137. The second kappa shape index (κ2) is 6.28. The fourth-order valence-electron chi connectivity index (χ4n) is 2.04. The quantitative estimate of drug-likeness (QED) is 0.872. The van der Waals surface area contributed by atoms with Crippen molar-refractivity contribution in [2.24, 2.45) is 11.8 Å². The first-order valence-electron chi connectivity index (χ1n) is 6.28. The molecule has 1 N–H and O–H groups in total. The van der Waals surface area contributed by atoms with Gasteiger partial charge in [-0.15, -0.1) is 13.2 Å². The van der Waals surface area contributed by atoms with E-state index in [1.54, 1.807) is 19.2 Å². The Morgan fingerprint density at radius 1 is 1.11 bits per heavy atom. The van der Waals surface area contributed by atoms with Crippen molar-refractivity contribution in [3.05, 3.63) is 29.8 Å². The zero-order valence-corrected chi connectivity index (χ0v) is 11.6. The van der Waals surface area contributed by atoms with Crippen LogP contribution in [-0.2, 0) is 0 Å². The molecule has 0 aliphatic rings. The highest BCUT2D eigenvalue weighted by atomic mass is 19.4. The first kappa shape index (κ1) is 15.8. The van der Waals surface area contributed by atoms with E-state index < -0.39 is 6.36 Å². The summed E-state index contributed by atoms with van der Waals surface area (Å²) in [6, 6.07) is 6.09. The van der Waals surface area contributed by atoms with Crippen molar-refractivity contribution in [3.63, 3.8) is 0 Å². The summed E-state index contributed by atoms with van der Waals surface area (Å²) in [5, 5.41) is 3.08. The highest BCUT2D eigenvalue weighted by Crippen LogP contribution is 2.35. The monoisotopic (exact) mass is 275 g/mol. The molecule has 1 aromatic carbocycles. The molecule has 0 aromatic heterocycles. The van der Waals surface area contributed by atoms with Crippen LogP contribution in [0.2, 0.25) is 0 Å². The maximum absolute atomic E-state index is 12.4. The lowest BCUT2D eigenvalue weighted by Crippen LogP contribution is -2.28. The van der Waals surface area contributed by atoms with Crippen molar-refractivity contribution in [3.8, 4) is 5.75 Å². The largest absolute Gasteiger partial charge is 0.573 e. The molecule has 0 radical (unpaired) electrons. The number of alkyl halides is 3. The van der Waals surface area contributed by atoms with Crippen molar-refractivity contribution < 1.29 is 17.9 Å². The lowest BCUT2D eigenvalue weighted by Gasteiger charge is -2.28. The molecule has 2 unspecified atom stereocenters. The molecule has 1 aromatic rings. The number of rotatable bonds is 5. The van der Waals surface area contributed by atoms with Gasteiger partial charge >= 0.3 is 6.36 Å². The number of ether oxygens (including phenoxy) is 1. The van der Waals surface area contributed by atoms with E-state index in [0.717, 1.165) is 0 Å². The van der Waals surface area contributed by atoms with E-state index in [-0.39, 0.29) is 17.7 Å². The fourth-order valence-corrected chi connectivity index (χ4v) is 2.04. The van der Waals surface area contributed by atoms with Crippen LogP contribution in [0.1, 0.15) is 32.4 Å². The van der Waals surface area contributed by atoms with Gasteiger partial charge in [-0.25, -0.2) is 0 Å². The summed E-state index contributed by atoms with van der Waals surface area (Å²) >= 11 is 0. The molecule has 2 atom stereocenters. The first-order valence-corrected chi connectivity index (χ1v) is 6.28. The highest BCUT2D eigenvalue weighted by Gasteiger charge is 2.33. The Hall–Kier alpha value is -1.23. The van der Waals surface area contributed by atoms with Crippen molar-refractivity contribution >= 4 is 0 Å². The fraction of sp³-hybridized carbons (Fsp3) is 0.571. The van der Waals surface area contributed by atoms with Crippen molar-refractivity contribution in [2.45, 2.75) is 33.2 Å². The summed E-state index contributed by atoms with van der Waals surface area (Å²) in [6.07, 6.45) is -4.67. The standard InChI is InChI=1S/C14H20F3NO/c1-9(2)10(3)13(18-4)11-7-5-6-8-12(11)19-14(15,16)17/h5-10,13,18H,1-4H3. The van der Waals surface area contributed by atoms with Gasteiger partial charge in [0.15, 0.2) is 0 Å². The molecule has 19 heavy (non-hydrogen) atoms. The number of halogens is 3. The van der Waals surface area contributed by atoms with Crippen LogP contribution >= 0.6 is 0 Å². The summed E-state index contributed by atoms with van der Waals surface area (Å²) in [4.78, 5) is 0. The van der Waals surface area contributed by atoms with Gasteiger partial charge in [0.1, 0.15) is 5.75 Å². The maximum Gasteiger partial charge on any atom is 0.573 e. The second-order valence-electron chi connectivity index (χ2n) is 4.96. The molecule has 0 spiro atoms. The summed E-state index contributed by atoms with van der Waals surface area (Å²) in [5.41, 5.74) is 0.531. The van der Waals surface area contributed by atoms with E-state index in [4.69, 9.17) is 0 Å². The highest BCUT2D eigenvalue weighted by molar-refractivity contribution is 5.36.